The van der Waals surface area contributed by atoms with E-state index in [4.69, 9.17) is 0 Å². The average molecular weight is 298 g/mol. The van der Waals surface area contributed by atoms with E-state index in [9.17, 15) is 0 Å². The van der Waals surface area contributed by atoms with Gasteiger partial charge in [0.2, 0.25) is 0 Å². The number of aromatic nitrogens is 3. The van der Waals surface area contributed by atoms with Gasteiger partial charge in [0.25, 0.3) is 0 Å². The van der Waals surface area contributed by atoms with Crippen LogP contribution in [0.2, 0.25) is 0 Å². The molecule has 2 aromatic heterocycles. The molecule has 0 radical (unpaired) electrons. The van der Waals surface area contributed by atoms with Crippen molar-refractivity contribution in [2.24, 2.45) is 0 Å². The fourth-order valence-corrected chi connectivity index (χ4v) is 3.46. The van der Waals surface area contributed by atoms with Gasteiger partial charge in [-0.05, 0) is 37.7 Å². The van der Waals surface area contributed by atoms with E-state index in [1.54, 1.807) is 0 Å². The van der Waals surface area contributed by atoms with Crippen molar-refractivity contribution in [1.82, 2.24) is 20.3 Å². The van der Waals surface area contributed by atoms with Crippen molar-refractivity contribution in [1.29, 1.82) is 0 Å². The van der Waals surface area contributed by atoms with Crippen LogP contribution in [-0.4, -0.2) is 22.0 Å². The lowest BCUT2D eigenvalue weighted by Crippen LogP contribution is -2.20. The molecule has 2 heterocycles. The zero-order chi connectivity index (χ0) is 14.7. The van der Waals surface area contributed by atoms with Crippen LogP contribution in [0.15, 0.2) is 48.7 Å². The van der Waals surface area contributed by atoms with Crippen molar-refractivity contribution in [3.05, 3.63) is 64.1 Å². The summed E-state index contributed by atoms with van der Waals surface area (Å²) < 4.78 is 1.90. The van der Waals surface area contributed by atoms with Crippen molar-refractivity contribution >= 4 is 11.3 Å². The molecule has 0 spiro atoms. The van der Waals surface area contributed by atoms with Gasteiger partial charge in [-0.2, -0.15) is 0 Å². The predicted molar refractivity (Wildman–Crippen MR) is 86.0 cm³/mol. The number of hydrogen-bond acceptors (Lipinski definition) is 4. The molecule has 0 amide bonds. The second-order valence-electron chi connectivity index (χ2n) is 4.79. The molecule has 0 bridgehead atoms. The van der Waals surface area contributed by atoms with Gasteiger partial charge < -0.3 is 5.32 Å². The zero-order valence-corrected chi connectivity index (χ0v) is 13.0. The number of para-hydroxylation sites is 1. The van der Waals surface area contributed by atoms with Gasteiger partial charge in [0.1, 0.15) is 0 Å². The maximum Gasteiger partial charge on any atom is 0.0868 e. The molecule has 21 heavy (non-hydrogen) atoms. The molecule has 1 unspecified atom stereocenters. The lowest BCUT2D eigenvalue weighted by Gasteiger charge is -2.15. The summed E-state index contributed by atoms with van der Waals surface area (Å²) in [6.45, 7) is 2.18. The third kappa shape index (κ3) is 2.75. The average Bonchev–Trinajstić information content (AvgIpc) is 3.19. The van der Waals surface area contributed by atoms with Crippen LogP contribution in [0.1, 0.15) is 28.4 Å². The largest absolute Gasteiger partial charge is 0.307 e. The normalized spacial score (nSPS) is 12.5. The number of benzene rings is 1. The summed E-state index contributed by atoms with van der Waals surface area (Å²) in [6, 6.07) is 14.6. The summed E-state index contributed by atoms with van der Waals surface area (Å²) in [6.07, 6.45) is 2.90. The maximum absolute atomic E-state index is 4.24. The van der Waals surface area contributed by atoms with Gasteiger partial charge in [0.05, 0.1) is 23.6 Å². The second-order valence-corrected chi connectivity index (χ2v) is 5.99. The number of rotatable bonds is 5. The van der Waals surface area contributed by atoms with Crippen molar-refractivity contribution in [2.75, 3.05) is 7.05 Å². The Bertz CT molecular complexity index is 702. The van der Waals surface area contributed by atoms with E-state index in [0.29, 0.717) is 0 Å². The van der Waals surface area contributed by atoms with E-state index in [-0.39, 0.29) is 6.04 Å². The number of hydrogen-bond donors (Lipinski definition) is 1. The number of aryl methyl sites for hydroxylation is 1. The van der Waals surface area contributed by atoms with Crippen LogP contribution in [0.5, 0.6) is 0 Å². The van der Waals surface area contributed by atoms with Gasteiger partial charge in [0, 0.05) is 9.75 Å². The molecule has 0 saturated carbocycles. The van der Waals surface area contributed by atoms with E-state index in [1.165, 1.54) is 9.75 Å². The molecule has 4 nitrogen and oxygen atoms in total. The molecule has 3 aromatic rings. The molecule has 0 aliphatic heterocycles. The molecule has 3 rings (SSSR count). The van der Waals surface area contributed by atoms with E-state index in [1.807, 2.05) is 59.6 Å². The van der Waals surface area contributed by atoms with Crippen LogP contribution in [0, 0.1) is 0 Å². The summed E-state index contributed by atoms with van der Waals surface area (Å²) in [7, 11) is 1.97. The van der Waals surface area contributed by atoms with Crippen LogP contribution in [0.4, 0.5) is 0 Å². The summed E-state index contributed by atoms with van der Waals surface area (Å²) in [5.74, 6) is 0. The lowest BCUT2D eigenvalue weighted by molar-refractivity contribution is 0.642. The Kier molecular flexibility index (Phi) is 4.13. The Labute approximate surface area is 128 Å². The fraction of sp³-hybridized carbons (Fsp3) is 0.250. The van der Waals surface area contributed by atoms with Crippen molar-refractivity contribution in [2.45, 2.75) is 19.4 Å². The minimum absolute atomic E-state index is 0.102. The molecule has 0 saturated heterocycles. The molecule has 0 fully saturated rings. The Morgan fingerprint density at radius 3 is 2.67 bits per heavy atom. The first-order chi connectivity index (χ1) is 10.3. The summed E-state index contributed by atoms with van der Waals surface area (Å²) in [4.78, 5) is 2.68. The molecule has 1 aromatic carbocycles. The summed E-state index contributed by atoms with van der Waals surface area (Å²) in [5, 5.41) is 11.7. The highest BCUT2D eigenvalue weighted by Gasteiger charge is 2.20. The van der Waals surface area contributed by atoms with Crippen molar-refractivity contribution in [3.8, 4) is 5.69 Å². The molecule has 1 atom stereocenters. The SMILES string of the molecule is CCc1ccc(C(NC)c2cnnn2-c2ccccc2)s1. The molecule has 5 heteroatoms. The third-order valence-electron chi connectivity index (χ3n) is 3.48. The molecule has 1 N–H and O–H groups in total. The first kappa shape index (κ1) is 14.0. The molecule has 0 aliphatic rings. The van der Waals surface area contributed by atoms with Gasteiger partial charge >= 0.3 is 0 Å². The van der Waals surface area contributed by atoms with Crippen LogP contribution in [-0.2, 0) is 6.42 Å². The number of nitrogens with zero attached hydrogens (tertiary/aromatic N) is 3. The predicted octanol–water partition coefficient (Wildman–Crippen LogP) is 3.20. The molecular formula is C16H18N4S. The summed E-state index contributed by atoms with van der Waals surface area (Å²) in [5.41, 5.74) is 2.07. The Balaban J connectivity index is 2.01. The van der Waals surface area contributed by atoms with Crippen LogP contribution in [0.25, 0.3) is 5.69 Å². The molecule has 0 aliphatic carbocycles. The first-order valence-corrected chi connectivity index (χ1v) is 7.87. The monoisotopic (exact) mass is 298 g/mol. The number of thiophene rings is 1. The van der Waals surface area contributed by atoms with Gasteiger partial charge in [-0.15, -0.1) is 16.4 Å². The third-order valence-corrected chi connectivity index (χ3v) is 4.77. The first-order valence-electron chi connectivity index (χ1n) is 7.05. The minimum atomic E-state index is 0.102. The number of nitrogens with one attached hydrogen (secondary N) is 1. The standard InChI is InChI=1S/C16H18N4S/c1-3-13-9-10-15(21-13)16(17-2)14-11-18-19-20(14)12-7-5-4-6-8-12/h4-11,16-17H,3H2,1-2H3. The molecular weight excluding hydrogens is 280 g/mol. The van der Waals surface area contributed by atoms with Crippen LogP contribution in [0.3, 0.4) is 0 Å². The topological polar surface area (TPSA) is 42.7 Å². The zero-order valence-electron chi connectivity index (χ0n) is 12.2. The van der Waals surface area contributed by atoms with Crippen LogP contribution >= 0.6 is 11.3 Å². The van der Waals surface area contributed by atoms with Gasteiger partial charge in [-0.3, -0.25) is 0 Å². The Hall–Kier alpha value is -1.98. The highest BCUT2D eigenvalue weighted by Crippen LogP contribution is 2.29. The van der Waals surface area contributed by atoms with Gasteiger partial charge in [0.15, 0.2) is 0 Å². The molecule has 108 valence electrons. The summed E-state index contributed by atoms with van der Waals surface area (Å²) >= 11 is 1.84. The second kappa shape index (κ2) is 6.20. The Morgan fingerprint density at radius 2 is 2.00 bits per heavy atom. The Morgan fingerprint density at radius 1 is 1.19 bits per heavy atom. The lowest BCUT2D eigenvalue weighted by atomic mass is 10.1. The van der Waals surface area contributed by atoms with E-state index < -0.39 is 0 Å². The highest BCUT2D eigenvalue weighted by atomic mass is 32.1. The highest BCUT2D eigenvalue weighted by molar-refractivity contribution is 7.12. The van der Waals surface area contributed by atoms with E-state index in [0.717, 1.165) is 17.8 Å². The van der Waals surface area contributed by atoms with Crippen LogP contribution < -0.4 is 5.32 Å². The maximum atomic E-state index is 4.24. The van der Waals surface area contributed by atoms with Gasteiger partial charge in [-0.1, -0.05) is 30.3 Å². The van der Waals surface area contributed by atoms with E-state index in [2.05, 4.69) is 34.7 Å². The quantitative estimate of drug-likeness (QED) is 0.786. The smallest absolute Gasteiger partial charge is 0.0868 e. The minimum Gasteiger partial charge on any atom is -0.307 e. The van der Waals surface area contributed by atoms with Gasteiger partial charge in [-0.25, -0.2) is 4.68 Å². The van der Waals surface area contributed by atoms with Crippen molar-refractivity contribution < 1.29 is 0 Å². The fourth-order valence-electron chi connectivity index (χ4n) is 2.39. The van der Waals surface area contributed by atoms with E-state index >= 15 is 0 Å². The van der Waals surface area contributed by atoms with Crippen molar-refractivity contribution in [3.63, 3.8) is 0 Å².